The molecule has 1 rings (SSSR count). The van der Waals surface area contributed by atoms with Crippen molar-refractivity contribution in [3.05, 3.63) is 29.8 Å². The number of amides is 3. The van der Waals surface area contributed by atoms with Crippen molar-refractivity contribution < 1.29 is 28.7 Å². The maximum Gasteiger partial charge on any atom is 0.329 e. The van der Waals surface area contributed by atoms with Crippen molar-refractivity contribution in [1.82, 2.24) is 16.0 Å². The molecule has 3 N–H and O–H groups in total. The highest BCUT2D eigenvalue weighted by Crippen LogP contribution is 2.13. The van der Waals surface area contributed by atoms with Gasteiger partial charge in [0.15, 0.2) is 6.61 Å². The fourth-order valence-electron chi connectivity index (χ4n) is 2.14. The molecule has 0 heterocycles. The van der Waals surface area contributed by atoms with E-state index in [4.69, 9.17) is 9.47 Å². The van der Waals surface area contributed by atoms with Gasteiger partial charge in [-0.15, -0.1) is 0 Å². The number of likely N-dealkylation sites (N-methyl/N-ethyl adjacent to an activating group) is 1. The normalized spacial score (nSPS) is 11.3. The maximum atomic E-state index is 12.4. The van der Waals surface area contributed by atoms with Gasteiger partial charge in [0.1, 0.15) is 11.8 Å². The number of benzene rings is 1. The van der Waals surface area contributed by atoms with E-state index in [0.717, 1.165) is 0 Å². The largest absolute Gasteiger partial charge is 0.494 e. The van der Waals surface area contributed by atoms with Crippen LogP contribution in [0.1, 0.15) is 31.1 Å². The van der Waals surface area contributed by atoms with Crippen molar-refractivity contribution in [2.24, 2.45) is 5.92 Å². The van der Waals surface area contributed by atoms with Gasteiger partial charge in [-0.25, -0.2) is 4.79 Å². The first-order chi connectivity index (χ1) is 13.3. The highest BCUT2D eigenvalue weighted by molar-refractivity contribution is 5.97. The first-order valence-corrected chi connectivity index (χ1v) is 8.96. The number of hydrogen-bond acceptors (Lipinski definition) is 6. The minimum Gasteiger partial charge on any atom is -0.494 e. The van der Waals surface area contributed by atoms with Gasteiger partial charge in [-0.1, -0.05) is 13.8 Å². The Morgan fingerprint density at radius 2 is 1.68 bits per heavy atom. The average Bonchev–Trinajstić information content (AvgIpc) is 2.68. The molecule has 0 radical (unpaired) electrons. The number of carbonyl (C=O) groups excluding carboxylic acids is 4. The summed E-state index contributed by atoms with van der Waals surface area (Å²) in [5.41, 5.74) is 0.366. The summed E-state index contributed by atoms with van der Waals surface area (Å²) in [6, 6.07) is 5.59. The number of esters is 1. The van der Waals surface area contributed by atoms with Crippen LogP contribution in [0.2, 0.25) is 0 Å². The molecule has 0 saturated carbocycles. The van der Waals surface area contributed by atoms with Crippen LogP contribution in [0.25, 0.3) is 0 Å². The predicted molar refractivity (Wildman–Crippen MR) is 102 cm³/mol. The molecule has 1 atom stereocenters. The van der Waals surface area contributed by atoms with Gasteiger partial charge in [0, 0.05) is 12.6 Å². The molecular formula is C19H27N3O6. The summed E-state index contributed by atoms with van der Waals surface area (Å²) in [4.78, 5) is 47.4. The van der Waals surface area contributed by atoms with Crippen molar-refractivity contribution in [3.63, 3.8) is 0 Å². The van der Waals surface area contributed by atoms with Crippen molar-refractivity contribution in [2.75, 3.05) is 26.8 Å². The monoisotopic (exact) mass is 393 g/mol. The molecule has 0 spiro atoms. The smallest absolute Gasteiger partial charge is 0.329 e. The second-order valence-electron chi connectivity index (χ2n) is 6.21. The first-order valence-electron chi connectivity index (χ1n) is 8.96. The van der Waals surface area contributed by atoms with Crippen LogP contribution < -0.4 is 20.7 Å². The van der Waals surface area contributed by atoms with Crippen LogP contribution in [0, 0.1) is 5.92 Å². The second kappa shape index (κ2) is 11.6. The highest BCUT2D eigenvalue weighted by Gasteiger charge is 2.26. The number of ether oxygens (including phenoxy) is 2. The van der Waals surface area contributed by atoms with Gasteiger partial charge in [0.05, 0.1) is 13.2 Å². The minimum atomic E-state index is -0.925. The summed E-state index contributed by atoms with van der Waals surface area (Å²) >= 11 is 0. The Hall–Kier alpha value is -3.10. The van der Waals surface area contributed by atoms with E-state index in [0.29, 0.717) is 17.9 Å². The van der Waals surface area contributed by atoms with E-state index < -0.39 is 30.4 Å². The lowest BCUT2D eigenvalue weighted by Crippen LogP contribution is -2.46. The summed E-state index contributed by atoms with van der Waals surface area (Å²) in [5, 5.41) is 7.28. The first kappa shape index (κ1) is 22.9. The maximum absolute atomic E-state index is 12.4. The Morgan fingerprint density at radius 1 is 1.04 bits per heavy atom. The Labute approximate surface area is 164 Å². The molecule has 0 fully saturated rings. The average molecular weight is 393 g/mol. The zero-order valence-corrected chi connectivity index (χ0v) is 16.5. The van der Waals surface area contributed by atoms with Gasteiger partial charge >= 0.3 is 5.97 Å². The number of rotatable bonds is 10. The fraction of sp³-hybridized carbons (Fsp3) is 0.474. The quantitative estimate of drug-likeness (QED) is 0.490. The molecule has 0 saturated heterocycles. The summed E-state index contributed by atoms with van der Waals surface area (Å²) < 4.78 is 10.3. The lowest BCUT2D eigenvalue weighted by molar-refractivity contribution is -0.151. The van der Waals surface area contributed by atoms with Crippen molar-refractivity contribution in [2.45, 2.75) is 26.8 Å². The zero-order valence-electron chi connectivity index (χ0n) is 16.5. The fourth-order valence-corrected chi connectivity index (χ4v) is 2.14. The van der Waals surface area contributed by atoms with Crippen LogP contribution in [0.4, 0.5) is 0 Å². The Balaban J connectivity index is 2.61. The summed E-state index contributed by atoms with van der Waals surface area (Å²) in [6.07, 6.45) is 0. The molecule has 28 heavy (non-hydrogen) atoms. The van der Waals surface area contributed by atoms with E-state index in [1.54, 1.807) is 38.1 Å². The molecule has 3 amide bonds. The van der Waals surface area contributed by atoms with Crippen LogP contribution in [-0.2, 0) is 19.1 Å². The van der Waals surface area contributed by atoms with E-state index in [9.17, 15) is 19.2 Å². The molecule has 0 unspecified atom stereocenters. The lowest BCUT2D eigenvalue weighted by Gasteiger charge is -2.20. The summed E-state index contributed by atoms with van der Waals surface area (Å²) in [7, 11) is 1.44. The van der Waals surface area contributed by atoms with E-state index in [1.165, 1.54) is 7.05 Å². The van der Waals surface area contributed by atoms with Crippen LogP contribution in [0.5, 0.6) is 5.75 Å². The van der Waals surface area contributed by atoms with E-state index in [2.05, 4.69) is 16.0 Å². The second-order valence-corrected chi connectivity index (χ2v) is 6.21. The predicted octanol–water partition coefficient (Wildman–Crippen LogP) is 0.245. The number of hydrogen-bond donors (Lipinski definition) is 3. The third-order valence-corrected chi connectivity index (χ3v) is 3.71. The van der Waals surface area contributed by atoms with Gasteiger partial charge < -0.3 is 25.4 Å². The minimum absolute atomic E-state index is 0.213. The summed E-state index contributed by atoms with van der Waals surface area (Å²) in [5.74, 6) is -1.78. The molecule has 0 bridgehead atoms. The Kier molecular flexibility index (Phi) is 9.49. The van der Waals surface area contributed by atoms with Crippen molar-refractivity contribution >= 4 is 23.7 Å². The number of carbonyl (C=O) groups is 4. The van der Waals surface area contributed by atoms with Crippen LogP contribution in [0.15, 0.2) is 24.3 Å². The molecule has 1 aromatic carbocycles. The molecule has 1 aromatic rings. The molecule has 9 nitrogen and oxygen atoms in total. The van der Waals surface area contributed by atoms with Crippen LogP contribution >= 0.6 is 0 Å². The van der Waals surface area contributed by atoms with Gasteiger partial charge in [-0.05, 0) is 37.1 Å². The molecule has 154 valence electrons. The van der Waals surface area contributed by atoms with Crippen LogP contribution in [-0.4, -0.2) is 56.5 Å². The summed E-state index contributed by atoms with van der Waals surface area (Å²) in [6.45, 7) is 5.11. The van der Waals surface area contributed by atoms with E-state index in [1.807, 2.05) is 6.92 Å². The Bertz CT molecular complexity index is 687. The topological polar surface area (TPSA) is 123 Å². The van der Waals surface area contributed by atoms with Gasteiger partial charge in [-0.2, -0.15) is 0 Å². The van der Waals surface area contributed by atoms with Crippen molar-refractivity contribution in [3.8, 4) is 5.75 Å². The lowest BCUT2D eigenvalue weighted by atomic mass is 10.0. The van der Waals surface area contributed by atoms with E-state index >= 15 is 0 Å². The molecule has 0 aliphatic carbocycles. The van der Waals surface area contributed by atoms with Gasteiger partial charge in [-0.3, -0.25) is 14.4 Å². The van der Waals surface area contributed by atoms with Crippen molar-refractivity contribution in [1.29, 1.82) is 0 Å². The van der Waals surface area contributed by atoms with Gasteiger partial charge in [0.2, 0.25) is 5.91 Å². The van der Waals surface area contributed by atoms with Crippen LogP contribution in [0.3, 0.4) is 0 Å². The highest BCUT2D eigenvalue weighted by atomic mass is 16.5. The van der Waals surface area contributed by atoms with Gasteiger partial charge in [0.25, 0.3) is 11.8 Å². The molecule has 0 aromatic heterocycles. The molecule has 0 aliphatic rings. The molecule has 9 heteroatoms. The third-order valence-electron chi connectivity index (χ3n) is 3.71. The third kappa shape index (κ3) is 7.65. The Morgan fingerprint density at radius 3 is 2.21 bits per heavy atom. The molecular weight excluding hydrogens is 366 g/mol. The molecule has 0 aliphatic heterocycles. The van der Waals surface area contributed by atoms with E-state index in [-0.39, 0.29) is 18.4 Å². The number of nitrogens with one attached hydrogen (secondary N) is 3. The standard InChI is InChI=1S/C19H27N3O6/c1-5-27-14-8-6-13(7-9-14)18(25)22-17(12(2)3)19(26)28-11-16(24)21-10-15(23)20-4/h6-9,12,17H,5,10-11H2,1-4H3,(H,20,23)(H,21,24)(H,22,25)/t17-/m0/s1. The zero-order chi connectivity index (χ0) is 21.1. The SMILES string of the molecule is CCOc1ccc(C(=O)N[C@H](C(=O)OCC(=O)NCC(=O)NC)C(C)C)cc1.